The minimum atomic E-state index is -0.209. The van der Waals surface area contributed by atoms with Gasteiger partial charge >= 0.3 is 6.01 Å². The van der Waals surface area contributed by atoms with Crippen LogP contribution in [0.1, 0.15) is 17.1 Å². The molecule has 0 fully saturated rings. The number of carbonyl (C=O) groups excluding carboxylic acids is 1. The van der Waals surface area contributed by atoms with Gasteiger partial charge in [0.1, 0.15) is 0 Å². The van der Waals surface area contributed by atoms with Gasteiger partial charge < -0.3 is 4.52 Å². The van der Waals surface area contributed by atoms with Gasteiger partial charge in [-0.3, -0.25) is 15.1 Å². The zero-order chi connectivity index (χ0) is 12.3. The molecule has 2 rings (SSSR count). The molecule has 2 aromatic rings. The van der Waals surface area contributed by atoms with Crippen LogP contribution in [-0.4, -0.2) is 21.0 Å². The van der Waals surface area contributed by atoms with E-state index < -0.39 is 0 Å². The molecule has 0 saturated heterocycles. The third-order valence-corrected chi connectivity index (χ3v) is 2.11. The fourth-order valence-electron chi connectivity index (χ4n) is 1.30. The fraction of sp³-hybridized carbons (Fsp3) is 0.273. The Balaban J connectivity index is 1.95. The van der Waals surface area contributed by atoms with Crippen LogP contribution in [0.3, 0.4) is 0 Å². The predicted molar refractivity (Wildman–Crippen MR) is 60.3 cm³/mol. The second kappa shape index (κ2) is 4.73. The molecule has 17 heavy (non-hydrogen) atoms. The van der Waals surface area contributed by atoms with Gasteiger partial charge in [0.05, 0.1) is 6.42 Å². The van der Waals surface area contributed by atoms with Gasteiger partial charge in [-0.1, -0.05) is 11.2 Å². The number of aromatic nitrogens is 3. The average molecular weight is 232 g/mol. The van der Waals surface area contributed by atoms with Crippen molar-refractivity contribution in [2.45, 2.75) is 20.3 Å². The first-order valence-electron chi connectivity index (χ1n) is 5.15. The van der Waals surface area contributed by atoms with Crippen LogP contribution < -0.4 is 5.32 Å². The summed E-state index contributed by atoms with van der Waals surface area (Å²) in [6, 6.07) is 3.84. The maximum absolute atomic E-state index is 11.6. The summed E-state index contributed by atoms with van der Waals surface area (Å²) in [6.07, 6.45) is 1.91. The minimum Gasteiger partial charge on any atom is -0.315 e. The van der Waals surface area contributed by atoms with Crippen molar-refractivity contribution in [1.82, 2.24) is 15.1 Å². The zero-order valence-electron chi connectivity index (χ0n) is 9.60. The van der Waals surface area contributed by atoms with E-state index in [1.54, 1.807) is 13.1 Å². The number of amides is 1. The van der Waals surface area contributed by atoms with Gasteiger partial charge in [0, 0.05) is 11.9 Å². The van der Waals surface area contributed by atoms with Crippen molar-refractivity contribution in [2.24, 2.45) is 0 Å². The second-order valence-electron chi connectivity index (χ2n) is 3.68. The van der Waals surface area contributed by atoms with E-state index in [1.807, 2.05) is 19.1 Å². The van der Waals surface area contributed by atoms with Crippen LogP contribution in [0.4, 0.5) is 6.01 Å². The molecule has 88 valence electrons. The van der Waals surface area contributed by atoms with E-state index in [9.17, 15) is 4.79 Å². The lowest BCUT2D eigenvalue weighted by atomic mass is 10.2. The molecule has 0 spiro atoms. The number of aryl methyl sites for hydroxylation is 2. The van der Waals surface area contributed by atoms with E-state index in [0.717, 1.165) is 11.3 Å². The van der Waals surface area contributed by atoms with Gasteiger partial charge in [0.15, 0.2) is 5.82 Å². The molecule has 0 aliphatic heterocycles. The second-order valence-corrected chi connectivity index (χ2v) is 3.68. The van der Waals surface area contributed by atoms with Crippen molar-refractivity contribution < 1.29 is 9.32 Å². The first kappa shape index (κ1) is 11.3. The molecule has 1 N–H and O–H groups in total. The van der Waals surface area contributed by atoms with Crippen molar-refractivity contribution >= 4 is 11.9 Å². The predicted octanol–water partition coefficient (Wildman–Crippen LogP) is 1.26. The Labute approximate surface area is 98.1 Å². The summed E-state index contributed by atoms with van der Waals surface area (Å²) in [5, 5.41) is 6.09. The lowest BCUT2D eigenvalue weighted by Gasteiger charge is -2.00. The van der Waals surface area contributed by atoms with E-state index in [4.69, 9.17) is 4.52 Å². The SMILES string of the molecule is Cc1ccc(CC(=O)Nc2nc(C)no2)cn1. The van der Waals surface area contributed by atoms with Crippen molar-refractivity contribution in [2.75, 3.05) is 5.32 Å². The fourth-order valence-corrected chi connectivity index (χ4v) is 1.30. The standard InChI is InChI=1S/C11H12N4O2/c1-7-3-4-9(6-12-7)5-10(16)14-11-13-8(2)15-17-11/h3-4,6H,5H2,1-2H3,(H,13,14,15,16). The molecular formula is C11H12N4O2. The summed E-state index contributed by atoms with van der Waals surface area (Å²) in [5.74, 6) is 0.275. The number of rotatable bonds is 3. The summed E-state index contributed by atoms with van der Waals surface area (Å²) >= 11 is 0. The molecule has 0 atom stereocenters. The van der Waals surface area contributed by atoms with Gasteiger partial charge in [0.2, 0.25) is 5.91 Å². The van der Waals surface area contributed by atoms with Crippen molar-refractivity contribution in [3.63, 3.8) is 0 Å². The van der Waals surface area contributed by atoms with Crippen LogP contribution in [-0.2, 0) is 11.2 Å². The van der Waals surface area contributed by atoms with Crippen LogP contribution >= 0.6 is 0 Å². The molecule has 2 heterocycles. The molecule has 0 aliphatic rings. The van der Waals surface area contributed by atoms with E-state index in [-0.39, 0.29) is 18.3 Å². The summed E-state index contributed by atoms with van der Waals surface area (Å²) in [4.78, 5) is 19.6. The Morgan fingerprint density at radius 3 is 2.82 bits per heavy atom. The lowest BCUT2D eigenvalue weighted by molar-refractivity contribution is -0.115. The van der Waals surface area contributed by atoms with E-state index in [0.29, 0.717) is 5.82 Å². The molecular weight excluding hydrogens is 220 g/mol. The van der Waals surface area contributed by atoms with E-state index in [2.05, 4.69) is 20.4 Å². The number of carbonyl (C=O) groups is 1. The number of anilines is 1. The molecule has 0 aliphatic carbocycles. The topological polar surface area (TPSA) is 80.9 Å². The van der Waals surface area contributed by atoms with Gasteiger partial charge in [-0.05, 0) is 25.5 Å². The Hall–Kier alpha value is -2.24. The molecule has 1 amide bonds. The maximum atomic E-state index is 11.6. The molecule has 0 unspecified atom stereocenters. The Morgan fingerprint density at radius 1 is 1.41 bits per heavy atom. The first-order chi connectivity index (χ1) is 8.13. The summed E-state index contributed by atoms with van der Waals surface area (Å²) in [7, 11) is 0. The van der Waals surface area contributed by atoms with E-state index in [1.165, 1.54) is 0 Å². The smallest absolute Gasteiger partial charge is 0.315 e. The highest BCUT2D eigenvalue weighted by atomic mass is 16.5. The molecule has 0 radical (unpaired) electrons. The van der Waals surface area contributed by atoms with Crippen molar-refractivity contribution in [3.05, 3.63) is 35.4 Å². The Morgan fingerprint density at radius 2 is 2.24 bits per heavy atom. The van der Waals surface area contributed by atoms with Crippen LogP contribution in [0.2, 0.25) is 0 Å². The van der Waals surface area contributed by atoms with Gasteiger partial charge in [-0.25, -0.2) is 0 Å². The quantitative estimate of drug-likeness (QED) is 0.861. The normalized spacial score (nSPS) is 10.2. The van der Waals surface area contributed by atoms with Gasteiger partial charge in [-0.15, -0.1) is 0 Å². The zero-order valence-corrected chi connectivity index (χ0v) is 9.60. The highest BCUT2D eigenvalue weighted by molar-refractivity contribution is 5.90. The highest BCUT2D eigenvalue weighted by Crippen LogP contribution is 2.05. The molecule has 0 aromatic carbocycles. The number of hydrogen-bond donors (Lipinski definition) is 1. The molecule has 6 heteroatoms. The first-order valence-corrected chi connectivity index (χ1v) is 5.15. The van der Waals surface area contributed by atoms with Gasteiger partial charge in [0.25, 0.3) is 0 Å². The third-order valence-electron chi connectivity index (χ3n) is 2.11. The van der Waals surface area contributed by atoms with Crippen LogP contribution in [0.15, 0.2) is 22.9 Å². The van der Waals surface area contributed by atoms with Crippen molar-refractivity contribution in [1.29, 1.82) is 0 Å². The van der Waals surface area contributed by atoms with E-state index >= 15 is 0 Å². The summed E-state index contributed by atoms with van der Waals surface area (Å²) < 4.78 is 4.78. The average Bonchev–Trinajstić information content (AvgIpc) is 2.67. The summed E-state index contributed by atoms with van der Waals surface area (Å²) in [5.41, 5.74) is 1.76. The number of nitrogens with zero attached hydrogens (tertiary/aromatic N) is 3. The van der Waals surface area contributed by atoms with Crippen LogP contribution in [0.5, 0.6) is 0 Å². The largest absolute Gasteiger partial charge is 0.328 e. The number of nitrogens with one attached hydrogen (secondary N) is 1. The van der Waals surface area contributed by atoms with Crippen LogP contribution in [0, 0.1) is 13.8 Å². The molecule has 0 bridgehead atoms. The summed E-state index contributed by atoms with van der Waals surface area (Å²) in [6.45, 7) is 3.58. The van der Waals surface area contributed by atoms with Crippen molar-refractivity contribution in [3.8, 4) is 0 Å². The monoisotopic (exact) mass is 232 g/mol. The highest BCUT2D eigenvalue weighted by Gasteiger charge is 2.08. The lowest BCUT2D eigenvalue weighted by Crippen LogP contribution is -2.14. The molecule has 2 aromatic heterocycles. The minimum absolute atomic E-state index is 0.118. The number of hydrogen-bond acceptors (Lipinski definition) is 5. The Bertz CT molecular complexity index is 519. The van der Waals surface area contributed by atoms with Crippen LogP contribution in [0.25, 0.3) is 0 Å². The maximum Gasteiger partial charge on any atom is 0.328 e. The molecule has 6 nitrogen and oxygen atoms in total. The van der Waals surface area contributed by atoms with Gasteiger partial charge in [-0.2, -0.15) is 4.98 Å². The third kappa shape index (κ3) is 3.10. The molecule has 0 saturated carbocycles. The Kier molecular flexibility index (Phi) is 3.13. The number of pyridine rings is 1.